The van der Waals surface area contributed by atoms with E-state index < -0.39 is 0 Å². The summed E-state index contributed by atoms with van der Waals surface area (Å²) in [6.07, 6.45) is 2.53. The zero-order valence-electron chi connectivity index (χ0n) is 11.7. The number of aryl methyl sites for hydroxylation is 1. The number of aromatic nitrogens is 1. The molecule has 1 aromatic carbocycles. The van der Waals surface area contributed by atoms with Crippen LogP contribution in [0.15, 0.2) is 42.6 Å². The summed E-state index contributed by atoms with van der Waals surface area (Å²) >= 11 is 0. The molecule has 0 bridgehead atoms. The van der Waals surface area contributed by atoms with Crippen molar-refractivity contribution < 1.29 is 9.53 Å². The van der Waals surface area contributed by atoms with Gasteiger partial charge in [0.2, 0.25) is 0 Å². The van der Waals surface area contributed by atoms with Crippen molar-refractivity contribution in [3.63, 3.8) is 0 Å². The lowest BCUT2D eigenvalue weighted by molar-refractivity contribution is 0.0601. The molecule has 2 aromatic rings. The van der Waals surface area contributed by atoms with E-state index in [0.29, 0.717) is 17.9 Å². The summed E-state index contributed by atoms with van der Waals surface area (Å²) in [5.41, 5.74) is 2.96. The minimum absolute atomic E-state index is 0.379. The van der Waals surface area contributed by atoms with E-state index in [2.05, 4.69) is 35.4 Å². The highest BCUT2D eigenvalue weighted by Gasteiger charge is 2.11. The second-order valence-corrected chi connectivity index (χ2v) is 4.56. The number of hydrogen-bond acceptors (Lipinski definition) is 4. The molecule has 0 radical (unpaired) electrons. The van der Waals surface area contributed by atoms with Crippen LogP contribution in [0.1, 0.15) is 21.5 Å². The summed E-state index contributed by atoms with van der Waals surface area (Å²) < 4.78 is 4.74. The number of methoxy groups -OCH3 is 1. The molecule has 0 unspecified atom stereocenters. The monoisotopic (exact) mass is 270 g/mol. The normalized spacial score (nSPS) is 10.1. The van der Waals surface area contributed by atoms with Gasteiger partial charge in [-0.2, -0.15) is 0 Å². The van der Waals surface area contributed by atoms with E-state index in [9.17, 15) is 4.79 Å². The molecule has 4 heteroatoms. The average Bonchev–Trinajstić information content (AvgIpc) is 2.47. The van der Waals surface area contributed by atoms with Crippen LogP contribution < -0.4 is 5.32 Å². The summed E-state index contributed by atoms with van der Waals surface area (Å²) in [5, 5.41) is 3.18. The lowest BCUT2D eigenvalue weighted by atomic mass is 10.1. The SMILES string of the molecule is COC(=O)c1cccnc1NCCc1cccc(C)c1. The Morgan fingerprint density at radius 3 is 2.90 bits per heavy atom. The maximum atomic E-state index is 11.6. The smallest absolute Gasteiger partial charge is 0.341 e. The highest BCUT2D eigenvalue weighted by molar-refractivity contribution is 5.94. The number of carbonyl (C=O) groups excluding carboxylic acids is 1. The fourth-order valence-corrected chi connectivity index (χ4v) is 2.01. The van der Waals surface area contributed by atoms with Crippen LogP contribution in [-0.2, 0) is 11.2 Å². The van der Waals surface area contributed by atoms with Gasteiger partial charge < -0.3 is 10.1 Å². The zero-order chi connectivity index (χ0) is 14.4. The van der Waals surface area contributed by atoms with E-state index in [0.717, 1.165) is 6.42 Å². The topological polar surface area (TPSA) is 51.2 Å². The van der Waals surface area contributed by atoms with Crippen LogP contribution in [-0.4, -0.2) is 24.6 Å². The van der Waals surface area contributed by atoms with Gasteiger partial charge in [-0.1, -0.05) is 29.8 Å². The molecule has 1 N–H and O–H groups in total. The first-order valence-corrected chi connectivity index (χ1v) is 6.53. The highest BCUT2D eigenvalue weighted by Crippen LogP contribution is 2.13. The summed E-state index contributed by atoms with van der Waals surface area (Å²) in [5.74, 6) is 0.183. The van der Waals surface area contributed by atoms with Crippen molar-refractivity contribution in [2.45, 2.75) is 13.3 Å². The van der Waals surface area contributed by atoms with Gasteiger partial charge in [0.1, 0.15) is 11.4 Å². The average molecular weight is 270 g/mol. The summed E-state index contributed by atoms with van der Waals surface area (Å²) in [4.78, 5) is 15.8. The highest BCUT2D eigenvalue weighted by atomic mass is 16.5. The Labute approximate surface area is 118 Å². The van der Waals surface area contributed by atoms with Crippen LogP contribution in [0, 0.1) is 6.92 Å². The molecule has 20 heavy (non-hydrogen) atoms. The standard InChI is InChI=1S/C16H18N2O2/c1-12-5-3-6-13(11-12)8-10-18-15-14(16(19)20-2)7-4-9-17-15/h3-7,9,11H,8,10H2,1-2H3,(H,17,18). The van der Waals surface area contributed by atoms with E-state index in [4.69, 9.17) is 4.74 Å². The first kappa shape index (κ1) is 14.1. The van der Waals surface area contributed by atoms with Crippen molar-refractivity contribution in [1.82, 2.24) is 4.98 Å². The van der Waals surface area contributed by atoms with Crippen molar-refractivity contribution in [3.8, 4) is 0 Å². The van der Waals surface area contributed by atoms with E-state index in [1.807, 2.05) is 6.07 Å². The van der Waals surface area contributed by atoms with Crippen molar-refractivity contribution in [2.24, 2.45) is 0 Å². The Balaban J connectivity index is 1.99. The van der Waals surface area contributed by atoms with E-state index in [1.165, 1.54) is 18.2 Å². The molecule has 104 valence electrons. The Hall–Kier alpha value is -2.36. The van der Waals surface area contributed by atoms with Gasteiger partial charge in [-0.15, -0.1) is 0 Å². The van der Waals surface area contributed by atoms with Gasteiger partial charge in [0.05, 0.1) is 7.11 Å². The lowest BCUT2D eigenvalue weighted by Gasteiger charge is -2.09. The predicted octanol–water partition coefficient (Wildman–Crippen LogP) is 2.83. The van der Waals surface area contributed by atoms with E-state index in [1.54, 1.807) is 18.3 Å². The van der Waals surface area contributed by atoms with E-state index in [-0.39, 0.29) is 5.97 Å². The number of esters is 1. The molecule has 1 aromatic heterocycles. The lowest BCUT2D eigenvalue weighted by Crippen LogP contribution is -2.12. The quantitative estimate of drug-likeness (QED) is 0.849. The van der Waals surface area contributed by atoms with Gasteiger partial charge >= 0.3 is 5.97 Å². The molecule has 0 aliphatic carbocycles. The number of benzene rings is 1. The number of anilines is 1. The molecular weight excluding hydrogens is 252 g/mol. The second kappa shape index (κ2) is 6.70. The fraction of sp³-hybridized carbons (Fsp3) is 0.250. The van der Waals surface area contributed by atoms with Gasteiger partial charge in [0.25, 0.3) is 0 Å². The maximum Gasteiger partial charge on any atom is 0.341 e. The number of nitrogens with one attached hydrogen (secondary N) is 1. The molecule has 0 aliphatic rings. The third kappa shape index (κ3) is 3.57. The largest absolute Gasteiger partial charge is 0.465 e. The first-order chi connectivity index (χ1) is 9.70. The Kier molecular flexibility index (Phi) is 4.71. The molecule has 0 atom stereocenters. The summed E-state index contributed by atoms with van der Waals surface area (Å²) in [7, 11) is 1.37. The fourth-order valence-electron chi connectivity index (χ4n) is 2.01. The van der Waals surface area contributed by atoms with Crippen LogP contribution in [0.25, 0.3) is 0 Å². The molecular formula is C16H18N2O2. The van der Waals surface area contributed by atoms with Gasteiger partial charge in [0.15, 0.2) is 0 Å². The van der Waals surface area contributed by atoms with Crippen molar-refractivity contribution >= 4 is 11.8 Å². The number of rotatable bonds is 5. The second-order valence-electron chi connectivity index (χ2n) is 4.56. The number of hydrogen-bond donors (Lipinski definition) is 1. The molecule has 0 fully saturated rings. The maximum absolute atomic E-state index is 11.6. The van der Waals surface area contributed by atoms with Gasteiger partial charge in [-0.3, -0.25) is 0 Å². The van der Waals surface area contributed by atoms with Crippen LogP contribution in [0.2, 0.25) is 0 Å². The minimum Gasteiger partial charge on any atom is -0.465 e. The predicted molar refractivity (Wildman–Crippen MR) is 78.9 cm³/mol. The first-order valence-electron chi connectivity index (χ1n) is 6.53. The summed E-state index contributed by atoms with van der Waals surface area (Å²) in [6.45, 7) is 2.79. The Morgan fingerprint density at radius 2 is 2.15 bits per heavy atom. The van der Waals surface area contributed by atoms with Crippen molar-refractivity contribution in [1.29, 1.82) is 0 Å². The van der Waals surface area contributed by atoms with Crippen LogP contribution in [0.4, 0.5) is 5.82 Å². The van der Waals surface area contributed by atoms with E-state index >= 15 is 0 Å². The molecule has 1 heterocycles. The third-order valence-corrected chi connectivity index (χ3v) is 3.00. The molecule has 0 saturated heterocycles. The van der Waals surface area contributed by atoms with Gasteiger partial charge in [0, 0.05) is 12.7 Å². The van der Waals surface area contributed by atoms with Crippen molar-refractivity contribution in [3.05, 3.63) is 59.3 Å². The summed E-state index contributed by atoms with van der Waals surface area (Å²) in [6, 6.07) is 11.8. The molecule has 2 rings (SSSR count). The van der Waals surface area contributed by atoms with Crippen LogP contribution in [0.3, 0.4) is 0 Å². The zero-order valence-corrected chi connectivity index (χ0v) is 11.7. The minimum atomic E-state index is -0.379. The molecule has 4 nitrogen and oxygen atoms in total. The van der Waals surface area contributed by atoms with Crippen LogP contribution in [0.5, 0.6) is 0 Å². The molecule has 0 saturated carbocycles. The van der Waals surface area contributed by atoms with Crippen LogP contribution >= 0.6 is 0 Å². The Morgan fingerprint density at radius 1 is 1.30 bits per heavy atom. The number of ether oxygens (including phenoxy) is 1. The number of nitrogens with zero attached hydrogens (tertiary/aromatic N) is 1. The van der Waals surface area contributed by atoms with Gasteiger partial charge in [-0.25, -0.2) is 9.78 Å². The number of pyridine rings is 1. The third-order valence-electron chi connectivity index (χ3n) is 3.00. The Bertz CT molecular complexity index is 597. The molecule has 0 spiro atoms. The van der Waals surface area contributed by atoms with Gasteiger partial charge in [-0.05, 0) is 31.0 Å². The molecule has 0 amide bonds. The molecule has 0 aliphatic heterocycles. The number of carbonyl (C=O) groups is 1. The van der Waals surface area contributed by atoms with Crippen molar-refractivity contribution in [2.75, 3.05) is 19.0 Å².